The highest BCUT2D eigenvalue weighted by Gasteiger charge is 2.23. The number of ether oxygens (including phenoxy) is 2. The van der Waals surface area contributed by atoms with Crippen molar-refractivity contribution >= 4 is 28.1 Å². The molecule has 0 atom stereocenters. The van der Waals surface area contributed by atoms with E-state index in [1.807, 2.05) is 43.3 Å². The number of rotatable bonds is 10. The molecule has 0 aliphatic rings. The molecule has 26 heavy (non-hydrogen) atoms. The number of benzene rings is 1. The molecule has 138 valence electrons. The van der Waals surface area contributed by atoms with Crippen LogP contribution in [0, 0.1) is 0 Å². The zero-order valence-corrected chi connectivity index (χ0v) is 16.1. The van der Waals surface area contributed by atoms with Crippen LogP contribution >= 0.6 is 11.3 Å². The van der Waals surface area contributed by atoms with Crippen molar-refractivity contribution in [3.63, 3.8) is 0 Å². The van der Waals surface area contributed by atoms with E-state index in [1.54, 1.807) is 0 Å². The van der Waals surface area contributed by atoms with Gasteiger partial charge in [-0.05, 0) is 31.5 Å². The van der Waals surface area contributed by atoms with Crippen LogP contribution in [-0.4, -0.2) is 25.6 Å². The standard InChI is InChI=1S/C21H24O4S/c1-3-5-9-17-20(15-8-6-7-10-16(15)25-17)21(22)18-11-12-19(26-18)24-14-13-23-4-2/h6-8,10-12H,3-5,9,13-14H2,1-2H3. The Morgan fingerprint density at radius 2 is 1.96 bits per heavy atom. The summed E-state index contributed by atoms with van der Waals surface area (Å²) >= 11 is 1.37. The molecule has 0 aliphatic heterocycles. The second-order valence-corrected chi connectivity index (χ2v) is 7.04. The number of thiophene rings is 1. The molecule has 0 spiro atoms. The van der Waals surface area contributed by atoms with Gasteiger partial charge in [0.1, 0.15) is 18.0 Å². The molecular weight excluding hydrogens is 348 g/mol. The molecule has 0 radical (unpaired) electrons. The van der Waals surface area contributed by atoms with Crippen LogP contribution in [0.3, 0.4) is 0 Å². The molecule has 0 bridgehead atoms. The minimum absolute atomic E-state index is 0.00529. The summed E-state index contributed by atoms with van der Waals surface area (Å²) in [6, 6.07) is 11.4. The third kappa shape index (κ3) is 4.17. The van der Waals surface area contributed by atoms with Crippen molar-refractivity contribution in [2.24, 2.45) is 0 Å². The molecule has 0 fully saturated rings. The van der Waals surface area contributed by atoms with Crippen molar-refractivity contribution < 1.29 is 18.7 Å². The maximum Gasteiger partial charge on any atom is 0.207 e. The van der Waals surface area contributed by atoms with Crippen LogP contribution in [0.1, 0.15) is 47.7 Å². The third-order valence-electron chi connectivity index (χ3n) is 4.13. The predicted octanol–water partition coefficient (Wildman–Crippen LogP) is 5.48. The Morgan fingerprint density at radius 1 is 1.12 bits per heavy atom. The number of para-hydroxylation sites is 1. The van der Waals surface area contributed by atoms with Gasteiger partial charge in [-0.25, -0.2) is 0 Å². The molecule has 0 saturated carbocycles. The van der Waals surface area contributed by atoms with Crippen LogP contribution in [0.5, 0.6) is 5.06 Å². The lowest BCUT2D eigenvalue weighted by Crippen LogP contribution is -2.05. The van der Waals surface area contributed by atoms with Crippen molar-refractivity contribution in [2.45, 2.75) is 33.1 Å². The SMILES string of the molecule is CCCCc1oc2ccccc2c1C(=O)c1ccc(OCCOCC)s1. The van der Waals surface area contributed by atoms with Crippen LogP contribution < -0.4 is 4.74 Å². The molecule has 3 rings (SSSR count). The molecule has 2 aromatic heterocycles. The molecule has 4 nitrogen and oxygen atoms in total. The second-order valence-electron chi connectivity index (χ2n) is 5.99. The number of aryl methyl sites for hydroxylation is 1. The van der Waals surface area contributed by atoms with Crippen molar-refractivity contribution in [1.82, 2.24) is 0 Å². The lowest BCUT2D eigenvalue weighted by atomic mass is 10.0. The van der Waals surface area contributed by atoms with Gasteiger partial charge in [0.25, 0.3) is 0 Å². The van der Waals surface area contributed by atoms with Crippen molar-refractivity contribution in [3.8, 4) is 5.06 Å². The van der Waals surface area contributed by atoms with Gasteiger partial charge in [-0.15, -0.1) is 0 Å². The first-order valence-corrected chi connectivity index (χ1v) is 9.91. The molecule has 5 heteroatoms. The smallest absolute Gasteiger partial charge is 0.207 e. The zero-order chi connectivity index (χ0) is 18.4. The molecule has 0 aliphatic carbocycles. The van der Waals surface area contributed by atoms with E-state index in [4.69, 9.17) is 13.9 Å². The summed E-state index contributed by atoms with van der Waals surface area (Å²) in [6.45, 7) is 5.79. The number of ketones is 1. The molecule has 1 aromatic carbocycles. The topological polar surface area (TPSA) is 48.7 Å². The fourth-order valence-corrected chi connectivity index (χ4v) is 3.67. The average Bonchev–Trinajstić information content (AvgIpc) is 3.27. The van der Waals surface area contributed by atoms with Gasteiger partial charge in [0.15, 0.2) is 5.06 Å². The summed E-state index contributed by atoms with van der Waals surface area (Å²) in [5.74, 6) is 0.788. The van der Waals surface area contributed by atoms with E-state index in [1.165, 1.54) is 11.3 Å². The van der Waals surface area contributed by atoms with E-state index >= 15 is 0 Å². The van der Waals surface area contributed by atoms with E-state index in [0.717, 1.165) is 41.1 Å². The van der Waals surface area contributed by atoms with Crippen LogP contribution in [-0.2, 0) is 11.2 Å². The Morgan fingerprint density at radius 3 is 2.77 bits per heavy atom. The first-order chi connectivity index (χ1) is 12.7. The Hall–Kier alpha value is -2.11. The first kappa shape index (κ1) is 18.7. The zero-order valence-electron chi connectivity index (χ0n) is 15.2. The molecular formula is C21H24O4S. The lowest BCUT2D eigenvalue weighted by molar-refractivity contribution is 0.104. The van der Waals surface area contributed by atoms with Crippen LogP contribution in [0.15, 0.2) is 40.8 Å². The number of carbonyl (C=O) groups excluding carboxylic acids is 1. The lowest BCUT2D eigenvalue weighted by Gasteiger charge is -2.03. The number of furan rings is 1. The minimum atomic E-state index is 0.00529. The fraction of sp³-hybridized carbons (Fsp3) is 0.381. The largest absolute Gasteiger partial charge is 0.482 e. The number of unbranched alkanes of at least 4 members (excludes halogenated alkanes) is 1. The van der Waals surface area contributed by atoms with Gasteiger partial charge in [0.2, 0.25) is 5.78 Å². The quantitative estimate of drug-likeness (QED) is 0.349. The number of hydrogen-bond donors (Lipinski definition) is 0. The van der Waals surface area contributed by atoms with E-state index in [-0.39, 0.29) is 5.78 Å². The molecule has 0 N–H and O–H groups in total. The Kier molecular flexibility index (Phi) is 6.47. The summed E-state index contributed by atoms with van der Waals surface area (Å²) in [7, 11) is 0. The third-order valence-corrected chi connectivity index (χ3v) is 5.13. The van der Waals surface area contributed by atoms with Gasteiger partial charge in [-0.2, -0.15) is 0 Å². The van der Waals surface area contributed by atoms with Crippen molar-refractivity contribution in [2.75, 3.05) is 19.8 Å². The van der Waals surface area contributed by atoms with Gasteiger partial charge in [0, 0.05) is 18.4 Å². The number of fused-ring (bicyclic) bond motifs is 1. The average molecular weight is 372 g/mol. The van der Waals surface area contributed by atoms with Crippen LogP contribution in [0.25, 0.3) is 11.0 Å². The fourth-order valence-electron chi connectivity index (χ4n) is 2.85. The van der Waals surface area contributed by atoms with Gasteiger partial charge in [-0.3, -0.25) is 4.79 Å². The van der Waals surface area contributed by atoms with Crippen molar-refractivity contribution in [1.29, 1.82) is 0 Å². The maximum atomic E-state index is 13.2. The Balaban J connectivity index is 1.84. The summed E-state index contributed by atoms with van der Waals surface area (Å²) in [5.41, 5.74) is 1.46. The highest BCUT2D eigenvalue weighted by Crippen LogP contribution is 2.33. The minimum Gasteiger partial charge on any atom is -0.482 e. The van der Waals surface area contributed by atoms with E-state index in [2.05, 4.69) is 6.92 Å². The van der Waals surface area contributed by atoms with E-state index < -0.39 is 0 Å². The van der Waals surface area contributed by atoms with E-state index in [9.17, 15) is 4.79 Å². The maximum absolute atomic E-state index is 13.2. The second kappa shape index (κ2) is 9.01. The molecule has 0 saturated heterocycles. The highest BCUT2D eigenvalue weighted by atomic mass is 32.1. The van der Waals surface area contributed by atoms with Crippen LogP contribution in [0.4, 0.5) is 0 Å². The monoisotopic (exact) mass is 372 g/mol. The Bertz CT molecular complexity index is 862. The molecule has 0 unspecified atom stereocenters. The summed E-state index contributed by atoms with van der Waals surface area (Å²) in [4.78, 5) is 13.8. The molecule has 2 heterocycles. The molecule has 0 amide bonds. The summed E-state index contributed by atoms with van der Waals surface area (Å²) in [5, 5.41) is 1.62. The normalized spacial score (nSPS) is 11.2. The first-order valence-electron chi connectivity index (χ1n) is 9.10. The van der Waals surface area contributed by atoms with Gasteiger partial charge in [-0.1, -0.05) is 42.9 Å². The summed E-state index contributed by atoms with van der Waals surface area (Å²) in [6.07, 6.45) is 2.83. The van der Waals surface area contributed by atoms with Gasteiger partial charge >= 0.3 is 0 Å². The number of hydrogen-bond acceptors (Lipinski definition) is 5. The van der Waals surface area contributed by atoms with Crippen LogP contribution in [0.2, 0.25) is 0 Å². The number of carbonyl (C=O) groups is 1. The Labute approximate surface area is 157 Å². The molecule has 3 aromatic rings. The van der Waals surface area contributed by atoms with Crippen molar-refractivity contribution in [3.05, 3.63) is 52.6 Å². The summed E-state index contributed by atoms with van der Waals surface area (Å²) < 4.78 is 16.9. The van der Waals surface area contributed by atoms with Gasteiger partial charge in [0.05, 0.1) is 17.0 Å². The predicted molar refractivity (Wildman–Crippen MR) is 105 cm³/mol. The van der Waals surface area contributed by atoms with E-state index in [0.29, 0.717) is 30.3 Å². The van der Waals surface area contributed by atoms with Gasteiger partial charge < -0.3 is 13.9 Å². The highest BCUT2D eigenvalue weighted by molar-refractivity contribution is 7.16.